The maximum atomic E-state index is 12.3. The summed E-state index contributed by atoms with van der Waals surface area (Å²) < 4.78 is 21.1. The lowest BCUT2D eigenvalue weighted by Crippen LogP contribution is -2.36. The van der Waals surface area contributed by atoms with Crippen molar-refractivity contribution in [2.24, 2.45) is 17.8 Å². The third-order valence-corrected chi connectivity index (χ3v) is 5.15. The monoisotopic (exact) mass is 378 g/mol. The highest BCUT2D eigenvalue weighted by atomic mass is 16.6. The Bertz CT molecular complexity index is 632. The molecule has 1 fully saturated rings. The fourth-order valence-electron chi connectivity index (χ4n) is 3.59. The highest BCUT2D eigenvalue weighted by molar-refractivity contribution is 5.91. The van der Waals surface area contributed by atoms with Crippen LogP contribution < -0.4 is 9.47 Å². The molecule has 2 rings (SSSR count). The minimum absolute atomic E-state index is 0.114. The van der Waals surface area contributed by atoms with Crippen LogP contribution in [-0.2, 0) is 14.3 Å². The molecule has 0 heterocycles. The van der Waals surface area contributed by atoms with Gasteiger partial charge in [-0.15, -0.1) is 0 Å². The van der Waals surface area contributed by atoms with Crippen molar-refractivity contribution < 1.29 is 28.5 Å². The molecule has 0 N–H and O–H groups in total. The molecular formula is C21H30O6. The van der Waals surface area contributed by atoms with Crippen LogP contribution >= 0.6 is 0 Å². The maximum absolute atomic E-state index is 12.3. The van der Waals surface area contributed by atoms with Crippen molar-refractivity contribution >= 4 is 11.9 Å². The summed E-state index contributed by atoms with van der Waals surface area (Å²) in [7, 11) is 3.00. The molecule has 0 radical (unpaired) electrons. The Morgan fingerprint density at radius 2 is 1.70 bits per heavy atom. The predicted molar refractivity (Wildman–Crippen MR) is 101 cm³/mol. The number of hydrogen-bond acceptors (Lipinski definition) is 6. The van der Waals surface area contributed by atoms with Crippen LogP contribution in [0.3, 0.4) is 0 Å². The lowest BCUT2D eigenvalue weighted by atomic mass is 9.75. The quantitative estimate of drug-likeness (QED) is 0.671. The number of methoxy groups -OCH3 is 2. The first-order chi connectivity index (χ1) is 12.8. The van der Waals surface area contributed by atoms with Gasteiger partial charge in [-0.25, -0.2) is 9.59 Å². The summed E-state index contributed by atoms with van der Waals surface area (Å²) in [6.45, 7) is 6.07. The van der Waals surface area contributed by atoms with Crippen LogP contribution in [0.1, 0.15) is 50.4 Å². The van der Waals surface area contributed by atoms with Crippen LogP contribution in [0.5, 0.6) is 11.5 Å². The van der Waals surface area contributed by atoms with E-state index in [0.717, 1.165) is 19.3 Å². The van der Waals surface area contributed by atoms with Gasteiger partial charge in [0.1, 0.15) is 17.6 Å². The third-order valence-electron chi connectivity index (χ3n) is 5.15. The molecule has 3 unspecified atom stereocenters. The molecule has 27 heavy (non-hydrogen) atoms. The Labute approximate surface area is 161 Å². The summed E-state index contributed by atoms with van der Waals surface area (Å²) >= 11 is 0. The van der Waals surface area contributed by atoms with Crippen LogP contribution in [0.25, 0.3) is 0 Å². The molecule has 1 aliphatic carbocycles. The Balaban J connectivity index is 1.93. The first kappa shape index (κ1) is 21.1. The van der Waals surface area contributed by atoms with Crippen molar-refractivity contribution in [3.05, 3.63) is 23.8 Å². The van der Waals surface area contributed by atoms with E-state index < -0.39 is 18.5 Å². The lowest BCUT2D eigenvalue weighted by Gasteiger charge is -2.36. The highest BCUT2D eigenvalue weighted by Gasteiger charge is 2.33. The first-order valence-electron chi connectivity index (χ1n) is 9.43. The summed E-state index contributed by atoms with van der Waals surface area (Å²) in [6.07, 6.45) is 2.95. The summed E-state index contributed by atoms with van der Waals surface area (Å²) in [5.41, 5.74) is 0.255. The molecule has 3 atom stereocenters. The van der Waals surface area contributed by atoms with Gasteiger partial charge in [0.05, 0.1) is 19.8 Å². The molecule has 1 aromatic rings. The number of ether oxygens (including phenoxy) is 4. The zero-order valence-corrected chi connectivity index (χ0v) is 16.8. The van der Waals surface area contributed by atoms with Gasteiger partial charge in [0.25, 0.3) is 0 Å². The van der Waals surface area contributed by atoms with E-state index in [-0.39, 0.29) is 11.7 Å². The molecule has 1 aromatic carbocycles. The smallest absolute Gasteiger partial charge is 0.344 e. The van der Waals surface area contributed by atoms with E-state index in [1.54, 1.807) is 6.07 Å². The molecule has 0 aliphatic heterocycles. The molecule has 0 spiro atoms. The summed E-state index contributed by atoms with van der Waals surface area (Å²) in [5, 5.41) is 0. The van der Waals surface area contributed by atoms with Crippen molar-refractivity contribution in [1.82, 2.24) is 0 Å². The topological polar surface area (TPSA) is 71.1 Å². The molecule has 0 bridgehead atoms. The average Bonchev–Trinajstić information content (AvgIpc) is 2.65. The van der Waals surface area contributed by atoms with Gasteiger partial charge >= 0.3 is 11.9 Å². The molecule has 150 valence electrons. The summed E-state index contributed by atoms with van der Waals surface area (Å²) in [6, 6.07) is 4.73. The third kappa shape index (κ3) is 5.88. The van der Waals surface area contributed by atoms with Gasteiger partial charge in [-0.3, -0.25) is 0 Å². The Morgan fingerprint density at radius 1 is 1.07 bits per heavy atom. The van der Waals surface area contributed by atoms with Crippen LogP contribution in [0.15, 0.2) is 18.2 Å². The molecule has 0 aromatic heterocycles. The predicted octanol–water partition coefficient (Wildman–Crippen LogP) is 3.86. The van der Waals surface area contributed by atoms with E-state index in [1.807, 2.05) is 0 Å². The number of carbonyl (C=O) groups is 2. The van der Waals surface area contributed by atoms with E-state index in [1.165, 1.54) is 26.4 Å². The molecule has 6 nitrogen and oxygen atoms in total. The van der Waals surface area contributed by atoms with Crippen LogP contribution in [0.4, 0.5) is 0 Å². The van der Waals surface area contributed by atoms with Crippen molar-refractivity contribution in [1.29, 1.82) is 0 Å². The van der Waals surface area contributed by atoms with Gasteiger partial charge in [-0.1, -0.05) is 27.2 Å². The maximum Gasteiger partial charge on any atom is 0.344 e. The van der Waals surface area contributed by atoms with Crippen molar-refractivity contribution in [2.75, 3.05) is 20.8 Å². The van der Waals surface area contributed by atoms with Crippen molar-refractivity contribution in [3.63, 3.8) is 0 Å². The molecule has 1 aliphatic rings. The van der Waals surface area contributed by atoms with E-state index in [4.69, 9.17) is 18.9 Å². The van der Waals surface area contributed by atoms with Gasteiger partial charge < -0.3 is 18.9 Å². The van der Waals surface area contributed by atoms with Gasteiger partial charge in [0.15, 0.2) is 6.61 Å². The molecular weight excluding hydrogens is 348 g/mol. The number of benzene rings is 1. The van der Waals surface area contributed by atoms with Gasteiger partial charge in [0, 0.05) is 6.07 Å². The Hall–Kier alpha value is -2.24. The molecule has 0 amide bonds. The Morgan fingerprint density at radius 3 is 2.26 bits per heavy atom. The second-order valence-electron chi connectivity index (χ2n) is 7.53. The lowest BCUT2D eigenvalue weighted by molar-refractivity contribution is -0.159. The zero-order valence-electron chi connectivity index (χ0n) is 16.8. The molecule has 6 heteroatoms. The Kier molecular flexibility index (Phi) is 7.51. The average molecular weight is 378 g/mol. The van der Waals surface area contributed by atoms with Crippen molar-refractivity contribution in [2.45, 2.75) is 46.1 Å². The second-order valence-corrected chi connectivity index (χ2v) is 7.53. The van der Waals surface area contributed by atoms with Gasteiger partial charge in [-0.05, 0) is 42.7 Å². The number of esters is 2. The van der Waals surface area contributed by atoms with Crippen LogP contribution in [0, 0.1) is 17.8 Å². The standard InChI is InChI=1S/C21H30O6/c1-13(2)18-7-6-14(3)8-19(18)27-20(22)12-26-21(23)15-9-16(24-4)11-17(10-15)25-5/h9-11,13-14,18-19H,6-8,12H2,1-5H3. The second kappa shape index (κ2) is 9.62. The summed E-state index contributed by atoms with van der Waals surface area (Å²) in [4.78, 5) is 24.5. The molecule has 1 saturated carbocycles. The summed E-state index contributed by atoms with van der Waals surface area (Å²) in [5.74, 6) is 1.14. The minimum atomic E-state index is -0.624. The normalized spacial score (nSPS) is 22.2. The largest absolute Gasteiger partial charge is 0.497 e. The number of rotatable bonds is 7. The van der Waals surface area contributed by atoms with E-state index in [2.05, 4.69) is 20.8 Å². The molecule has 0 saturated heterocycles. The fourth-order valence-corrected chi connectivity index (χ4v) is 3.59. The van der Waals surface area contributed by atoms with Gasteiger partial charge in [0.2, 0.25) is 0 Å². The van der Waals surface area contributed by atoms with E-state index >= 15 is 0 Å². The van der Waals surface area contributed by atoms with Crippen molar-refractivity contribution in [3.8, 4) is 11.5 Å². The van der Waals surface area contributed by atoms with Crippen LogP contribution in [0.2, 0.25) is 0 Å². The zero-order chi connectivity index (χ0) is 20.0. The van der Waals surface area contributed by atoms with Crippen LogP contribution in [-0.4, -0.2) is 38.9 Å². The van der Waals surface area contributed by atoms with E-state index in [9.17, 15) is 9.59 Å². The fraction of sp³-hybridized carbons (Fsp3) is 0.619. The van der Waals surface area contributed by atoms with E-state index in [0.29, 0.717) is 29.3 Å². The highest BCUT2D eigenvalue weighted by Crippen LogP contribution is 2.35. The van der Waals surface area contributed by atoms with Gasteiger partial charge in [-0.2, -0.15) is 0 Å². The number of carbonyl (C=O) groups excluding carboxylic acids is 2. The minimum Gasteiger partial charge on any atom is -0.497 e. The SMILES string of the molecule is COc1cc(OC)cc(C(=O)OCC(=O)OC2CC(C)CCC2C(C)C)c1. The number of hydrogen-bond donors (Lipinski definition) is 0. The first-order valence-corrected chi connectivity index (χ1v) is 9.43.